The van der Waals surface area contributed by atoms with Crippen LogP contribution in [-0.2, 0) is 0 Å². The molecular formula is C13H21NO. The van der Waals surface area contributed by atoms with Crippen LogP contribution in [0.1, 0.15) is 43.4 Å². The topological polar surface area (TPSA) is 35.2 Å². The van der Waals surface area contributed by atoms with Gasteiger partial charge in [-0.25, -0.2) is 0 Å². The van der Waals surface area contributed by atoms with Crippen LogP contribution < -0.4 is 10.5 Å². The zero-order valence-corrected chi connectivity index (χ0v) is 9.92. The van der Waals surface area contributed by atoms with Gasteiger partial charge in [0.25, 0.3) is 0 Å². The molecule has 1 aromatic rings. The summed E-state index contributed by atoms with van der Waals surface area (Å²) in [5.74, 6) is 0.915. The van der Waals surface area contributed by atoms with Gasteiger partial charge in [0.1, 0.15) is 5.75 Å². The second kappa shape index (κ2) is 5.76. The highest BCUT2D eigenvalue weighted by atomic mass is 16.5. The van der Waals surface area contributed by atoms with E-state index in [4.69, 9.17) is 10.5 Å². The Morgan fingerprint density at radius 3 is 2.73 bits per heavy atom. The Hall–Kier alpha value is -1.02. The molecule has 1 rings (SSSR count). The summed E-state index contributed by atoms with van der Waals surface area (Å²) in [5.41, 5.74) is 8.46. The highest BCUT2D eigenvalue weighted by Crippen LogP contribution is 2.27. The number of ether oxygens (including phenoxy) is 1. The Kier molecular flexibility index (Phi) is 4.63. The van der Waals surface area contributed by atoms with E-state index < -0.39 is 0 Å². The first-order valence-electron chi connectivity index (χ1n) is 5.59. The summed E-state index contributed by atoms with van der Waals surface area (Å²) in [6, 6.07) is 6.31. The van der Waals surface area contributed by atoms with Crippen molar-refractivity contribution < 1.29 is 4.74 Å². The predicted molar refractivity (Wildman–Crippen MR) is 64.2 cm³/mol. The van der Waals surface area contributed by atoms with E-state index in [0.717, 1.165) is 24.2 Å². The summed E-state index contributed by atoms with van der Waals surface area (Å²) in [5, 5.41) is 0. The molecule has 2 nitrogen and oxygen atoms in total. The van der Waals surface area contributed by atoms with Crippen LogP contribution >= 0.6 is 0 Å². The smallest absolute Gasteiger partial charge is 0.123 e. The van der Waals surface area contributed by atoms with Gasteiger partial charge < -0.3 is 10.5 Å². The van der Waals surface area contributed by atoms with Crippen molar-refractivity contribution in [1.29, 1.82) is 0 Å². The van der Waals surface area contributed by atoms with E-state index in [-0.39, 0.29) is 6.04 Å². The van der Waals surface area contributed by atoms with Crippen molar-refractivity contribution in [2.24, 2.45) is 5.73 Å². The van der Waals surface area contributed by atoms with Crippen LogP contribution in [0.4, 0.5) is 0 Å². The summed E-state index contributed by atoms with van der Waals surface area (Å²) in [4.78, 5) is 0. The van der Waals surface area contributed by atoms with E-state index in [1.165, 1.54) is 12.0 Å². The standard InChI is InChI=1S/C13H21NO/c1-4-5-6-12(14)11-8-7-10(2)9-13(11)15-3/h7-9,12H,4-6,14H2,1-3H3. The first kappa shape index (κ1) is 12.1. The summed E-state index contributed by atoms with van der Waals surface area (Å²) >= 11 is 0. The van der Waals surface area contributed by atoms with Crippen molar-refractivity contribution in [2.75, 3.05) is 7.11 Å². The lowest BCUT2D eigenvalue weighted by Crippen LogP contribution is -2.11. The van der Waals surface area contributed by atoms with E-state index in [1.54, 1.807) is 7.11 Å². The highest BCUT2D eigenvalue weighted by Gasteiger charge is 2.10. The predicted octanol–water partition coefficient (Wildman–Crippen LogP) is 3.19. The van der Waals surface area contributed by atoms with Crippen LogP contribution in [0, 0.1) is 6.92 Å². The Morgan fingerprint density at radius 2 is 2.13 bits per heavy atom. The molecule has 0 saturated heterocycles. The lowest BCUT2D eigenvalue weighted by atomic mass is 10.00. The van der Waals surface area contributed by atoms with E-state index >= 15 is 0 Å². The van der Waals surface area contributed by atoms with Gasteiger partial charge in [0.2, 0.25) is 0 Å². The van der Waals surface area contributed by atoms with E-state index in [1.807, 2.05) is 6.07 Å². The number of rotatable bonds is 5. The van der Waals surface area contributed by atoms with Crippen LogP contribution in [0.15, 0.2) is 18.2 Å². The molecule has 0 radical (unpaired) electrons. The Labute approximate surface area is 92.4 Å². The van der Waals surface area contributed by atoms with Gasteiger partial charge in [-0.15, -0.1) is 0 Å². The van der Waals surface area contributed by atoms with Crippen molar-refractivity contribution in [3.05, 3.63) is 29.3 Å². The van der Waals surface area contributed by atoms with E-state index in [2.05, 4.69) is 26.0 Å². The van der Waals surface area contributed by atoms with Crippen LogP contribution in [0.3, 0.4) is 0 Å². The van der Waals surface area contributed by atoms with Gasteiger partial charge in [-0.2, -0.15) is 0 Å². The number of nitrogens with two attached hydrogens (primary N) is 1. The largest absolute Gasteiger partial charge is 0.496 e. The maximum Gasteiger partial charge on any atom is 0.123 e. The fraction of sp³-hybridized carbons (Fsp3) is 0.538. The van der Waals surface area contributed by atoms with Gasteiger partial charge in [0.05, 0.1) is 7.11 Å². The Balaban J connectivity index is 2.82. The monoisotopic (exact) mass is 207 g/mol. The Morgan fingerprint density at radius 1 is 1.40 bits per heavy atom. The molecule has 0 saturated carbocycles. The Bertz CT molecular complexity index is 309. The molecule has 0 bridgehead atoms. The molecule has 2 N–H and O–H groups in total. The van der Waals surface area contributed by atoms with Gasteiger partial charge in [-0.05, 0) is 25.0 Å². The third kappa shape index (κ3) is 3.24. The molecule has 0 heterocycles. The number of hydrogen-bond donors (Lipinski definition) is 1. The molecule has 0 amide bonds. The molecule has 0 aliphatic heterocycles. The van der Waals surface area contributed by atoms with Crippen molar-refractivity contribution in [2.45, 2.75) is 39.2 Å². The summed E-state index contributed by atoms with van der Waals surface area (Å²) in [6.45, 7) is 4.24. The van der Waals surface area contributed by atoms with Gasteiger partial charge in [-0.1, -0.05) is 31.9 Å². The molecule has 0 fully saturated rings. The summed E-state index contributed by atoms with van der Waals surface area (Å²) in [6.07, 6.45) is 3.37. The fourth-order valence-electron chi connectivity index (χ4n) is 1.70. The molecule has 0 spiro atoms. The molecule has 84 valence electrons. The molecular weight excluding hydrogens is 186 g/mol. The van der Waals surface area contributed by atoms with Crippen LogP contribution in [0.5, 0.6) is 5.75 Å². The molecule has 0 aromatic heterocycles. The average Bonchev–Trinajstić information content (AvgIpc) is 2.25. The normalized spacial score (nSPS) is 12.5. The third-order valence-corrected chi connectivity index (χ3v) is 2.66. The SMILES string of the molecule is CCCCC(N)c1ccc(C)cc1OC. The number of hydrogen-bond acceptors (Lipinski definition) is 2. The number of methoxy groups -OCH3 is 1. The maximum atomic E-state index is 6.13. The number of unbranched alkanes of at least 4 members (excludes halogenated alkanes) is 1. The van der Waals surface area contributed by atoms with Crippen LogP contribution in [-0.4, -0.2) is 7.11 Å². The van der Waals surface area contributed by atoms with Crippen molar-refractivity contribution in [3.8, 4) is 5.75 Å². The molecule has 0 aliphatic carbocycles. The second-order valence-electron chi connectivity index (χ2n) is 3.99. The average molecular weight is 207 g/mol. The minimum absolute atomic E-state index is 0.0977. The molecule has 1 atom stereocenters. The lowest BCUT2D eigenvalue weighted by Gasteiger charge is -2.15. The van der Waals surface area contributed by atoms with Crippen LogP contribution in [0.2, 0.25) is 0 Å². The molecule has 2 heteroatoms. The minimum atomic E-state index is 0.0977. The minimum Gasteiger partial charge on any atom is -0.496 e. The highest BCUT2D eigenvalue weighted by molar-refractivity contribution is 5.39. The third-order valence-electron chi connectivity index (χ3n) is 2.66. The lowest BCUT2D eigenvalue weighted by molar-refractivity contribution is 0.403. The molecule has 15 heavy (non-hydrogen) atoms. The molecule has 1 aromatic carbocycles. The van der Waals surface area contributed by atoms with Gasteiger partial charge >= 0.3 is 0 Å². The van der Waals surface area contributed by atoms with Crippen molar-refractivity contribution in [1.82, 2.24) is 0 Å². The first-order chi connectivity index (χ1) is 7.19. The van der Waals surface area contributed by atoms with Crippen LogP contribution in [0.25, 0.3) is 0 Å². The fourth-order valence-corrected chi connectivity index (χ4v) is 1.70. The zero-order valence-electron chi connectivity index (χ0n) is 9.92. The van der Waals surface area contributed by atoms with Gasteiger partial charge in [0.15, 0.2) is 0 Å². The molecule has 1 unspecified atom stereocenters. The van der Waals surface area contributed by atoms with Crippen molar-refractivity contribution >= 4 is 0 Å². The number of aryl methyl sites for hydroxylation is 1. The van der Waals surface area contributed by atoms with Gasteiger partial charge in [-0.3, -0.25) is 0 Å². The quantitative estimate of drug-likeness (QED) is 0.804. The molecule has 0 aliphatic rings. The van der Waals surface area contributed by atoms with E-state index in [9.17, 15) is 0 Å². The van der Waals surface area contributed by atoms with Gasteiger partial charge in [0, 0.05) is 11.6 Å². The number of benzene rings is 1. The summed E-state index contributed by atoms with van der Waals surface area (Å²) < 4.78 is 5.35. The van der Waals surface area contributed by atoms with Crippen molar-refractivity contribution in [3.63, 3.8) is 0 Å². The maximum absolute atomic E-state index is 6.13. The van der Waals surface area contributed by atoms with E-state index in [0.29, 0.717) is 0 Å². The first-order valence-corrected chi connectivity index (χ1v) is 5.59. The summed E-state index contributed by atoms with van der Waals surface area (Å²) in [7, 11) is 1.70. The zero-order chi connectivity index (χ0) is 11.3. The second-order valence-corrected chi connectivity index (χ2v) is 3.99.